The lowest BCUT2D eigenvalue weighted by Crippen LogP contribution is -2.40. The molecular formula is C20H26N4O4. The molecule has 8 nitrogen and oxygen atoms in total. The van der Waals surface area contributed by atoms with Gasteiger partial charge >= 0.3 is 6.09 Å². The van der Waals surface area contributed by atoms with E-state index in [0.29, 0.717) is 37.0 Å². The Morgan fingerprint density at radius 3 is 2.68 bits per heavy atom. The molecule has 0 atom stereocenters. The first-order valence-electron chi connectivity index (χ1n) is 9.11. The number of anilines is 2. The Hall–Kier alpha value is -3.03. The number of methoxy groups -OCH3 is 2. The highest BCUT2D eigenvalue weighted by atomic mass is 16.6. The van der Waals surface area contributed by atoms with E-state index in [-0.39, 0.29) is 6.09 Å². The highest BCUT2D eigenvalue weighted by molar-refractivity contribution is 5.69. The summed E-state index contributed by atoms with van der Waals surface area (Å²) in [5.74, 6) is 1.82. The van der Waals surface area contributed by atoms with Crippen molar-refractivity contribution in [2.24, 2.45) is 0 Å². The third-order valence-electron chi connectivity index (χ3n) is 4.24. The molecule has 0 radical (unpaired) electrons. The largest absolute Gasteiger partial charge is 0.497 e. The van der Waals surface area contributed by atoms with Gasteiger partial charge in [0, 0.05) is 30.8 Å². The summed E-state index contributed by atoms with van der Waals surface area (Å²) in [6.07, 6.45) is 2.08. The van der Waals surface area contributed by atoms with Crippen LogP contribution in [0.4, 0.5) is 16.4 Å². The molecule has 0 spiro atoms. The number of carbonyl (C=O) groups is 1. The van der Waals surface area contributed by atoms with Crippen LogP contribution >= 0.6 is 0 Å². The predicted octanol–water partition coefficient (Wildman–Crippen LogP) is 3.53. The fourth-order valence-corrected chi connectivity index (χ4v) is 2.88. The number of amides is 1. The predicted molar refractivity (Wildman–Crippen MR) is 105 cm³/mol. The molecule has 1 N–H and O–H groups in total. The van der Waals surface area contributed by atoms with E-state index in [1.807, 2.05) is 32.9 Å². The van der Waals surface area contributed by atoms with Crippen molar-refractivity contribution >= 4 is 17.7 Å². The van der Waals surface area contributed by atoms with Crippen LogP contribution in [0.1, 0.15) is 32.0 Å². The number of fused-ring (bicyclic) bond motifs is 1. The van der Waals surface area contributed by atoms with E-state index in [1.165, 1.54) is 0 Å². The zero-order valence-corrected chi connectivity index (χ0v) is 16.9. The minimum Gasteiger partial charge on any atom is -0.497 e. The van der Waals surface area contributed by atoms with E-state index in [4.69, 9.17) is 14.2 Å². The van der Waals surface area contributed by atoms with E-state index in [9.17, 15) is 4.79 Å². The quantitative estimate of drug-likeness (QED) is 0.860. The molecule has 0 saturated carbocycles. The van der Waals surface area contributed by atoms with Gasteiger partial charge in [0.1, 0.15) is 17.1 Å². The minimum absolute atomic E-state index is 0.316. The van der Waals surface area contributed by atoms with Crippen LogP contribution in [0.2, 0.25) is 0 Å². The van der Waals surface area contributed by atoms with Crippen molar-refractivity contribution < 1.29 is 19.0 Å². The lowest BCUT2D eigenvalue weighted by Gasteiger charge is -2.30. The molecule has 1 aromatic carbocycles. The number of rotatable bonds is 4. The second-order valence-corrected chi connectivity index (χ2v) is 7.51. The molecule has 28 heavy (non-hydrogen) atoms. The molecule has 2 heterocycles. The molecule has 1 aliphatic heterocycles. The van der Waals surface area contributed by atoms with Crippen LogP contribution in [-0.4, -0.2) is 47.3 Å². The van der Waals surface area contributed by atoms with Crippen molar-refractivity contribution in [1.82, 2.24) is 14.9 Å². The van der Waals surface area contributed by atoms with Crippen molar-refractivity contribution in [3.05, 3.63) is 35.7 Å². The monoisotopic (exact) mass is 386 g/mol. The number of benzene rings is 1. The van der Waals surface area contributed by atoms with E-state index in [2.05, 4.69) is 15.3 Å². The zero-order chi connectivity index (χ0) is 20.3. The summed E-state index contributed by atoms with van der Waals surface area (Å²) < 4.78 is 16.1. The summed E-state index contributed by atoms with van der Waals surface area (Å²) in [6, 6.07) is 5.48. The Labute approximate surface area is 164 Å². The minimum atomic E-state index is -0.515. The first kappa shape index (κ1) is 19.7. The average molecular weight is 386 g/mol. The number of aromatic nitrogens is 2. The summed E-state index contributed by atoms with van der Waals surface area (Å²) in [6.45, 7) is 6.58. The van der Waals surface area contributed by atoms with Crippen LogP contribution in [-0.2, 0) is 17.7 Å². The molecule has 1 aromatic heterocycles. The van der Waals surface area contributed by atoms with Crippen LogP contribution in [0.15, 0.2) is 24.4 Å². The number of nitrogens with one attached hydrogen (secondary N) is 1. The van der Waals surface area contributed by atoms with Crippen LogP contribution in [0.5, 0.6) is 11.5 Å². The van der Waals surface area contributed by atoms with Gasteiger partial charge < -0.3 is 24.4 Å². The van der Waals surface area contributed by atoms with Gasteiger partial charge in [-0.15, -0.1) is 0 Å². The molecule has 2 aromatic rings. The second kappa shape index (κ2) is 7.92. The Bertz CT molecular complexity index is 864. The molecule has 1 amide bonds. The first-order valence-corrected chi connectivity index (χ1v) is 9.11. The van der Waals surface area contributed by atoms with Crippen LogP contribution in [0, 0.1) is 0 Å². The standard InChI is InChI=1S/C20H26N4O4/c1-20(2,3)28-19(25)24-9-8-15-13(12-24)11-21-18(22-15)23-16-7-6-14(26-4)10-17(16)27-5/h6-7,10-11H,8-9,12H2,1-5H3,(H,21,22,23). The van der Waals surface area contributed by atoms with E-state index in [1.54, 1.807) is 31.4 Å². The highest BCUT2D eigenvalue weighted by Crippen LogP contribution is 2.31. The third-order valence-corrected chi connectivity index (χ3v) is 4.24. The maximum absolute atomic E-state index is 12.3. The second-order valence-electron chi connectivity index (χ2n) is 7.51. The lowest BCUT2D eigenvalue weighted by atomic mass is 10.1. The summed E-state index contributed by atoms with van der Waals surface area (Å²) in [5.41, 5.74) is 2.07. The SMILES string of the molecule is COc1ccc(Nc2ncc3c(n2)CCN(C(=O)OC(C)(C)C)C3)c(OC)c1. The number of nitrogens with zero attached hydrogens (tertiary/aromatic N) is 3. The number of ether oxygens (including phenoxy) is 3. The van der Waals surface area contributed by atoms with Gasteiger partial charge in [-0.2, -0.15) is 0 Å². The van der Waals surface area contributed by atoms with Gasteiger partial charge in [0.2, 0.25) is 5.95 Å². The van der Waals surface area contributed by atoms with Gasteiger partial charge in [0.15, 0.2) is 0 Å². The Morgan fingerprint density at radius 1 is 1.21 bits per heavy atom. The molecule has 0 bridgehead atoms. The van der Waals surface area contributed by atoms with Crippen LogP contribution in [0.3, 0.4) is 0 Å². The normalized spacial score (nSPS) is 13.5. The summed E-state index contributed by atoms with van der Waals surface area (Å²) in [7, 11) is 3.20. The van der Waals surface area contributed by atoms with Gasteiger partial charge in [-0.05, 0) is 32.9 Å². The van der Waals surface area contributed by atoms with Crippen LogP contribution < -0.4 is 14.8 Å². The lowest BCUT2D eigenvalue weighted by molar-refractivity contribution is 0.0222. The van der Waals surface area contributed by atoms with Crippen molar-refractivity contribution in [1.29, 1.82) is 0 Å². The van der Waals surface area contributed by atoms with Crippen LogP contribution in [0.25, 0.3) is 0 Å². The molecule has 1 aliphatic rings. The fraction of sp³-hybridized carbons (Fsp3) is 0.450. The maximum atomic E-state index is 12.3. The molecule has 0 saturated heterocycles. The van der Waals surface area contributed by atoms with Crippen molar-refractivity contribution in [3.63, 3.8) is 0 Å². The summed E-state index contributed by atoms with van der Waals surface area (Å²) in [5, 5.41) is 3.18. The molecule has 0 fully saturated rings. The van der Waals surface area contributed by atoms with Crippen molar-refractivity contribution in [2.75, 3.05) is 26.1 Å². The fourth-order valence-electron chi connectivity index (χ4n) is 2.88. The van der Waals surface area contributed by atoms with E-state index in [0.717, 1.165) is 16.9 Å². The number of carbonyl (C=O) groups excluding carboxylic acids is 1. The topological polar surface area (TPSA) is 85.8 Å². The molecular weight excluding hydrogens is 360 g/mol. The molecule has 8 heteroatoms. The van der Waals surface area contributed by atoms with Gasteiger partial charge in [-0.1, -0.05) is 0 Å². The smallest absolute Gasteiger partial charge is 0.410 e. The van der Waals surface area contributed by atoms with Gasteiger partial charge in [-0.25, -0.2) is 14.8 Å². The summed E-state index contributed by atoms with van der Waals surface area (Å²) >= 11 is 0. The highest BCUT2D eigenvalue weighted by Gasteiger charge is 2.26. The Morgan fingerprint density at radius 2 is 2.00 bits per heavy atom. The third kappa shape index (κ3) is 4.62. The Kier molecular flexibility index (Phi) is 5.58. The maximum Gasteiger partial charge on any atom is 0.410 e. The van der Waals surface area contributed by atoms with Gasteiger partial charge in [0.05, 0.1) is 32.1 Å². The number of hydrogen-bond acceptors (Lipinski definition) is 7. The van der Waals surface area contributed by atoms with Crippen molar-refractivity contribution in [3.8, 4) is 11.5 Å². The molecule has 0 unspecified atom stereocenters. The number of hydrogen-bond donors (Lipinski definition) is 1. The van der Waals surface area contributed by atoms with E-state index < -0.39 is 5.60 Å². The Balaban J connectivity index is 1.73. The van der Waals surface area contributed by atoms with E-state index >= 15 is 0 Å². The summed E-state index contributed by atoms with van der Waals surface area (Å²) in [4.78, 5) is 23.0. The first-order chi connectivity index (χ1) is 13.3. The zero-order valence-electron chi connectivity index (χ0n) is 16.9. The van der Waals surface area contributed by atoms with Crippen molar-refractivity contribution in [2.45, 2.75) is 39.3 Å². The molecule has 0 aliphatic carbocycles. The molecule has 3 rings (SSSR count). The van der Waals surface area contributed by atoms with Gasteiger partial charge in [-0.3, -0.25) is 0 Å². The molecule has 150 valence electrons. The van der Waals surface area contributed by atoms with Gasteiger partial charge in [0.25, 0.3) is 0 Å². The average Bonchev–Trinajstić information content (AvgIpc) is 2.66.